The number of carbonyl (C=O) groups is 1. The van der Waals surface area contributed by atoms with Crippen molar-refractivity contribution < 1.29 is 4.79 Å². The Balaban J connectivity index is 1.29. The van der Waals surface area contributed by atoms with Crippen LogP contribution in [0.4, 0.5) is 10.8 Å². The Hall–Kier alpha value is -3.53. The molecule has 164 valence electrons. The predicted molar refractivity (Wildman–Crippen MR) is 124 cm³/mol. The molecule has 4 aromatic rings. The van der Waals surface area contributed by atoms with Gasteiger partial charge < -0.3 is 14.8 Å². The minimum atomic E-state index is -0.156. The van der Waals surface area contributed by atoms with Gasteiger partial charge in [0.2, 0.25) is 5.82 Å². The Morgan fingerprint density at radius 1 is 1.19 bits per heavy atom. The van der Waals surface area contributed by atoms with Crippen LogP contribution in [-0.4, -0.2) is 49.2 Å². The number of nitrogens with one attached hydrogen (secondary N) is 2. The monoisotopic (exact) mass is 448 g/mol. The zero-order chi connectivity index (χ0) is 21.9. The van der Waals surface area contributed by atoms with E-state index in [-0.39, 0.29) is 5.91 Å². The maximum atomic E-state index is 13.0. The lowest BCUT2D eigenvalue weighted by molar-refractivity contribution is 0.101. The van der Waals surface area contributed by atoms with Crippen LogP contribution < -0.4 is 10.2 Å². The van der Waals surface area contributed by atoms with Crippen molar-refractivity contribution >= 4 is 28.1 Å². The summed E-state index contributed by atoms with van der Waals surface area (Å²) in [6.45, 7) is 4.72. The number of aryl methyl sites for hydroxylation is 1. The fourth-order valence-corrected chi connectivity index (χ4v) is 4.80. The van der Waals surface area contributed by atoms with E-state index < -0.39 is 0 Å². The molecule has 32 heavy (non-hydrogen) atoms. The van der Waals surface area contributed by atoms with Crippen molar-refractivity contribution in [3.05, 3.63) is 58.9 Å². The van der Waals surface area contributed by atoms with Gasteiger partial charge in [-0.05, 0) is 67.3 Å². The summed E-state index contributed by atoms with van der Waals surface area (Å²) < 4.78 is 1.97. The van der Waals surface area contributed by atoms with Gasteiger partial charge in [0.15, 0.2) is 5.13 Å². The third-order valence-electron chi connectivity index (χ3n) is 5.51. The maximum Gasteiger partial charge on any atom is 0.272 e. The lowest BCUT2D eigenvalue weighted by Crippen LogP contribution is -2.29. The molecule has 0 unspecified atom stereocenters. The number of thiazole rings is 1. The number of aromatic amines is 1. The summed E-state index contributed by atoms with van der Waals surface area (Å²) >= 11 is 1.68. The summed E-state index contributed by atoms with van der Waals surface area (Å²) in [7, 11) is 0. The zero-order valence-electron chi connectivity index (χ0n) is 17.8. The average molecular weight is 449 g/mol. The van der Waals surface area contributed by atoms with Gasteiger partial charge in [-0.3, -0.25) is 4.79 Å². The van der Waals surface area contributed by atoms with Crippen molar-refractivity contribution in [3.63, 3.8) is 0 Å². The molecule has 0 bridgehead atoms. The minimum Gasteiger partial charge on any atom is -0.348 e. The molecule has 2 N–H and O–H groups in total. The van der Waals surface area contributed by atoms with Gasteiger partial charge in [0.1, 0.15) is 5.69 Å². The van der Waals surface area contributed by atoms with E-state index in [0.29, 0.717) is 23.8 Å². The highest BCUT2D eigenvalue weighted by atomic mass is 32.1. The Morgan fingerprint density at radius 2 is 2.00 bits per heavy atom. The minimum absolute atomic E-state index is 0.156. The largest absolute Gasteiger partial charge is 0.348 e. The Morgan fingerprint density at radius 3 is 2.75 bits per heavy atom. The first-order valence-corrected chi connectivity index (χ1v) is 11.5. The average Bonchev–Trinajstić information content (AvgIpc) is 3.57. The van der Waals surface area contributed by atoms with E-state index in [1.807, 2.05) is 48.0 Å². The number of tetrazole rings is 1. The SMILES string of the molecule is Cc1cc(C(=O)Nc2ccc(-c3nn[nH]n3)cc2)n(Cc2csc(N3CCCCC3)n2)c1. The van der Waals surface area contributed by atoms with Crippen LogP contribution in [0.15, 0.2) is 41.9 Å². The van der Waals surface area contributed by atoms with Gasteiger partial charge in [0.25, 0.3) is 5.91 Å². The molecule has 0 aliphatic carbocycles. The fourth-order valence-electron chi connectivity index (χ4n) is 3.93. The van der Waals surface area contributed by atoms with Gasteiger partial charge in [-0.2, -0.15) is 5.21 Å². The highest BCUT2D eigenvalue weighted by Crippen LogP contribution is 2.25. The molecule has 0 atom stereocenters. The molecule has 1 saturated heterocycles. The van der Waals surface area contributed by atoms with Crippen LogP contribution in [-0.2, 0) is 6.54 Å². The normalized spacial score (nSPS) is 14.0. The van der Waals surface area contributed by atoms with Crippen LogP contribution in [0.2, 0.25) is 0 Å². The zero-order valence-corrected chi connectivity index (χ0v) is 18.6. The maximum absolute atomic E-state index is 13.0. The van der Waals surface area contributed by atoms with E-state index in [1.165, 1.54) is 19.3 Å². The number of nitrogens with zero attached hydrogens (tertiary/aromatic N) is 6. The summed E-state index contributed by atoms with van der Waals surface area (Å²) in [6, 6.07) is 9.26. The number of hydrogen-bond acceptors (Lipinski definition) is 7. The van der Waals surface area contributed by atoms with E-state index in [1.54, 1.807) is 11.3 Å². The molecule has 4 heterocycles. The fraction of sp³-hybridized carbons (Fsp3) is 0.318. The molecule has 3 aromatic heterocycles. The van der Waals surface area contributed by atoms with Crippen molar-refractivity contribution in [1.82, 2.24) is 30.2 Å². The van der Waals surface area contributed by atoms with E-state index in [4.69, 9.17) is 4.98 Å². The third-order valence-corrected chi connectivity index (χ3v) is 6.46. The van der Waals surface area contributed by atoms with Crippen LogP contribution in [0.1, 0.15) is 41.0 Å². The third kappa shape index (κ3) is 4.40. The second-order valence-electron chi connectivity index (χ2n) is 7.97. The summed E-state index contributed by atoms with van der Waals surface area (Å²) in [6.07, 6.45) is 5.75. The molecule has 0 saturated carbocycles. The molecule has 1 fully saturated rings. The second-order valence-corrected chi connectivity index (χ2v) is 8.80. The Bertz CT molecular complexity index is 1190. The van der Waals surface area contributed by atoms with Crippen molar-refractivity contribution in [2.24, 2.45) is 0 Å². The smallest absolute Gasteiger partial charge is 0.272 e. The van der Waals surface area contributed by atoms with E-state index in [2.05, 4.69) is 36.2 Å². The molecule has 0 radical (unpaired) electrons. The van der Waals surface area contributed by atoms with Gasteiger partial charge in [-0.1, -0.05) is 0 Å². The molecule has 0 spiro atoms. The van der Waals surface area contributed by atoms with E-state index in [9.17, 15) is 4.79 Å². The number of piperidine rings is 1. The van der Waals surface area contributed by atoms with Crippen LogP contribution in [0.5, 0.6) is 0 Å². The number of H-pyrrole nitrogens is 1. The Labute approximate surface area is 189 Å². The van der Waals surface area contributed by atoms with Crippen molar-refractivity contribution in [2.75, 3.05) is 23.3 Å². The topological polar surface area (TPSA) is 105 Å². The molecule has 5 rings (SSSR count). The first kappa shape index (κ1) is 20.4. The molecule has 10 heteroatoms. The van der Waals surface area contributed by atoms with Gasteiger partial charge in [0.05, 0.1) is 12.2 Å². The van der Waals surface area contributed by atoms with Crippen molar-refractivity contribution in [3.8, 4) is 11.4 Å². The van der Waals surface area contributed by atoms with Gasteiger partial charge in [0, 0.05) is 35.9 Å². The van der Waals surface area contributed by atoms with Gasteiger partial charge in [-0.25, -0.2) is 4.98 Å². The highest BCUT2D eigenvalue weighted by Gasteiger charge is 2.17. The van der Waals surface area contributed by atoms with Gasteiger partial charge >= 0.3 is 0 Å². The summed E-state index contributed by atoms with van der Waals surface area (Å²) in [5, 5.41) is 20.1. The van der Waals surface area contributed by atoms with E-state index in [0.717, 1.165) is 35.0 Å². The second kappa shape index (κ2) is 8.91. The highest BCUT2D eigenvalue weighted by molar-refractivity contribution is 7.13. The number of aromatic nitrogens is 6. The quantitative estimate of drug-likeness (QED) is 0.466. The molecule has 1 aliphatic heterocycles. The molecule has 1 aromatic carbocycles. The molecule has 1 amide bonds. The van der Waals surface area contributed by atoms with Crippen LogP contribution in [0, 0.1) is 6.92 Å². The number of carbonyl (C=O) groups excluding carboxylic acids is 1. The lowest BCUT2D eigenvalue weighted by atomic mass is 10.1. The molecule has 9 nitrogen and oxygen atoms in total. The Kier molecular flexibility index (Phi) is 5.68. The number of benzene rings is 1. The number of anilines is 2. The van der Waals surface area contributed by atoms with Crippen molar-refractivity contribution in [1.29, 1.82) is 0 Å². The van der Waals surface area contributed by atoms with E-state index >= 15 is 0 Å². The van der Waals surface area contributed by atoms with Gasteiger partial charge in [-0.15, -0.1) is 21.5 Å². The molecule has 1 aliphatic rings. The standard InChI is InChI=1S/C22H24N8OS/c1-15-11-19(21(31)23-17-7-5-16(6-8-17)20-25-27-28-26-20)30(12-15)13-18-14-32-22(24-18)29-9-3-2-4-10-29/h5-8,11-12,14H,2-4,9-10,13H2,1H3,(H,23,31)(H,25,26,27,28). The number of hydrogen-bond donors (Lipinski definition) is 2. The summed E-state index contributed by atoms with van der Waals surface area (Å²) in [5.41, 5.74) is 4.15. The molecular weight excluding hydrogens is 424 g/mol. The first-order chi connectivity index (χ1) is 15.7. The lowest BCUT2D eigenvalue weighted by Gasteiger charge is -2.25. The summed E-state index contributed by atoms with van der Waals surface area (Å²) in [4.78, 5) is 20.2. The number of rotatable bonds is 6. The van der Waals surface area contributed by atoms with Crippen molar-refractivity contribution in [2.45, 2.75) is 32.7 Å². The van der Waals surface area contributed by atoms with Crippen LogP contribution in [0.25, 0.3) is 11.4 Å². The first-order valence-electron chi connectivity index (χ1n) is 10.7. The van der Waals surface area contributed by atoms with Crippen LogP contribution in [0.3, 0.4) is 0 Å². The molecular formula is C22H24N8OS. The number of amides is 1. The van der Waals surface area contributed by atoms with Crippen LogP contribution >= 0.6 is 11.3 Å². The predicted octanol–water partition coefficient (Wildman–Crippen LogP) is 3.72. The summed E-state index contributed by atoms with van der Waals surface area (Å²) in [5.74, 6) is 0.358.